The number of carbonyl (C=O) groups is 3. The molecule has 0 spiro atoms. The highest BCUT2D eigenvalue weighted by atomic mass is 19.4. The third-order valence-corrected chi connectivity index (χ3v) is 5.55. The summed E-state index contributed by atoms with van der Waals surface area (Å²) in [6.45, 7) is 3.61. The van der Waals surface area contributed by atoms with Crippen molar-refractivity contribution < 1.29 is 55.7 Å². The third kappa shape index (κ3) is 10.2. The van der Waals surface area contributed by atoms with Crippen molar-refractivity contribution in [2.24, 2.45) is 18.9 Å². The van der Waals surface area contributed by atoms with Crippen molar-refractivity contribution in [1.29, 1.82) is 0 Å². The number of pyridine rings is 1. The Morgan fingerprint density at radius 1 is 1.08 bits per heavy atom. The van der Waals surface area contributed by atoms with Gasteiger partial charge in [0.05, 0.1) is 37.1 Å². The van der Waals surface area contributed by atoms with Gasteiger partial charge in [-0.1, -0.05) is 6.07 Å². The normalized spacial score (nSPS) is 20.6. The molecule has 39 heavy (non-hydrogen) atoms. The summed E-state index contributed by atoms with van der Waals surface area (Å²) in [4.78, 5) is 37.0. The zero-order chi connectivity index (χ0) is 29.4. The van der Waals surface area contributed by atoms with Gasteiger partial charge in [0.2, 0.25) is 5.91 Å². The molecule has 2 aromatic heterocycles. The molecule has 4 rings (SSSR count). The number of nitrogens with one attached hydrogen (secondary N) is 1. The van der Waals surface area contributed by atoms with E-state index < -0.39 is 24.3 Å². The number of halogens is 6. The summed E-state index contributed by atoms with van der Waals surface area (Å²) in [6, 6.07) is 5.71. The molecule has 0 aromatic carbocycles. The van der Waals surface area contributed by atoms with Crippen LogP contribution in [0.25, 0.3) is 0 Å². The maximum absolute atomic E-state index is 12.6. The first-order valence-corrected chi connectivity index (χ1v) is 11.2. The Hall–Kier alpha value is -3.73. The molecule has 0 saturated carbocycles. The number of aryl methyl sites for hydroxylation is 1. The SMILES string of the molecule is Cn1cc(CN2C[C@@H]3[C@@H](C(=O)NCc4ccccn4)CO[C@@H]3C2)cn1.O=C(O)C(F)(F)F.O=C(O)C(F)(F)F. The average Bonchev–Trinajstić information content (AvgIpc) is 3.54. The van der Waals surface area contributed by atoms with Gasteiger partial charge in [0.1, 0.15) is 0 Å². The number of carboxylic acids is 2. The van der Waals surface area contributed by atoms with Gasteiger partial charge in [-0.15, -0.1) is 0 Å². The van der Waals surface area contributed by atoms with Gasteiger partial charge in [0.25, 0.3) is 0 Å². The standard InChI is InChI=1S/C18H23N5O2.2C2HF3O2/c1-22-8-13(6-21-22)9-23-10-15-16(12-25-17(15)11-23)18(24)20-7-14-4-2-3-5-19-14;2*3-2(4,5)1(6)7/h2-6,8,15-17H,7,9-12H2,1H3,(H,20,24);2*(H,6,7)/t15-,16+,17-;;/m1../s1. The van der Waals surface area contributed by atoms with E-state index >= 15 is 0 Å². The minimum Gasteiger partial charge on any atom is -0.475 e. The number of likely N-dealkylation sites (tertiary alicyclic amines) is 1. The Kier molecular flexibility index (Phi) is 10.8. The van der Waals surface area contributed by atoms with Crippen molar-refractivity contribution in [3.05, 3.63) is 48.0 Å². The molecule has 2 fully saturated rings. The molecule has 2 aliphatic heterocycles. The van der Waals surface area contributed by atoms with Crippen LogP contribution in [0.5, 0.6) is 0 Å². The van der Waals surface area contributed by atoms with Crippen LogP contribution in [-0.2, 0) is 39.3 Å². The van der Waals surface area contributed by atoms with Crippen LogP contribution in [-0.4, -0.2) is 85.9 Å². The van der Waals surface area contributed by atoms with Gasteiger partial charge >= 0.3 is 24.3 Å². The average molecular weight is 569 g/mol. The van der Waals surface area contributed by atoms with Crippen molar-refractivity contribution in [2.45, 2.75) is 31.5 Å². The molecule has 2 aromatic rings. The van der Waals surface area contributed by atoms with Gasteiger partial charge in [-0.25, -0.2) is 9.59 Å². The van der Waals surface area contributed by atoms with Crippen LogP contribution >= 0.6 is 0 Å². The van der Waals surface area contributed by atoms with Crippen LogP contribution in [0.15, 0.2) is 36.8 Å². The Morgan fingerprint density at radius 3 is 2.18 bits per heavy atom. The van der Waals surface area contributed by atoms with E-state index in [1.54, 1.807) is 6.20 Å². The van der Waals surface area contributed by atoms with Crippen molar-refractivity contribution in [1.82, 2.24) is 25.0 Å². The minimum atomic E-state index is -5.08. The summed E-state index contributed by atoms with van der Waals surface area (Å²) in [5, 5.41) is 21.5. The molecule has 3 N–H and O–H groups in total. The van der Waals surface area contributed by atoms with E-state index in [9.17, 15) is 31.1 Å². The summed E-state index contributed by atoms with van der Waals surface area (Å²) < 4.78 is 71.2. The topological polar surface area (TPSA) is 147 Å². The fourth-order valence-corrected chi connectivity index (χ4v) is 3.82. The summed E-state index contributed by atoms with van der Waals surface area (Å²) in [7, 11) is 1.92. The lowest BCUT2D eigenvalue weighted by Gasteiger charge is -2.18. The van der Waals surface area contributed by atoms with Crippen LogP contribution in [0.2, 0.25) is 0 Å². The predicted octanol–water partition coefficient (Wildman–Crippen LogP) is 1.84. The Balaban J connectivity index is 0.000000317. The summed E-state index contributed by atoms with van der Waals surface area (Å²) in [6.07, 6.45) is -4.34. The molecule has 0 bridgehead atoms. The number of nitrogens with zero attached hydrogens (tertiary/aromatic N) is 4. The zero-order valence-corrected chi connectivity index (χ0v) is 20.3. The monoisotopic (exact) mass is 569 g/mol. The lowest BCUT2D eigenvalue weighted by molar-refractivity contribution is -0.193. The van der Waals surface area contributed by atoms with E-state index in [0.29, 0.717) is 13.2 Å². The molecule has 4 heterocycles. The molecule has 0 aliphatic carbocycles. The molecule has 17 heteroatoms. The molecule has 1 amide bonds. The van der Waals surface area contributed by atoms with Crippen molar-refractivity contribution in [2.75, 3.05) is 19.7 Å². The number of fused-ring (bicyclic) bond motifs is 1. The smallest absolute Gasteiger partial charge is 0.475 e. The van der Waals surface area contributed by atoms with Crippen molar-refractivity contribution in [3.63, 3.8) is 0 Å². The highest BCUT2D eigenvalue weighted by molar-refractivity contribution is 5.79. The lowest BCUT2D eigenvalue weighted by atomic mass is 9.92. The Bertz CT molecular complexity index is 1090. The zero-order valence-electron chi connectivity index (χ0n) is 20.3. The number of carboxylic acid groups (broad SMARTS) is 2. The van der Waals surface area contributed by atoms with Crippen LogP contribution in [0.1, 0.15) is 11.3 Å². The quantitative estimate of drug-likeness (QED) is 0.459. The second-order valence-corrected chi connectivity index (χ2v) is 8.50. The van der Waals surface area contributed by atoms with E-state index in [-0.39, 0.29) is 23.8 Å². The lowest BCUT2D eigenvalue weighted by Crippen LogP contribution is -2.36. The number of alkyl halides is 6. The van der Waals surface area contributed by atoms with E-state index in [2.05, 4.69) is 20.3 Å². The van der Waals surface area contributed by atoms with Gasteiger partial charge < -0.3 is 20.3 Å². The third-order valence-electron chi connectivity index (χ3n) is 5.55. The molecule has 2 saturated heterocycles. The number of hydrogen-bond acceptors (Lipinski definition) is 7. The summed E-state index contributed by atoms with van der Waals surface area (Å²) in [5.74, 6) is -5.26. The molecule has 3 atom stereocenters. The highest BCUT2D eigenvalue weighted by Crippen LogP contribution is 2.34. The van der Waals surface area contributed by atoms with E-state index in [0.717, 1.165) is 25.3 Å². The summed E-state index contributed by atoms with van der Waals surface area (Å²) in [5.41, 5.74) is 2.06. The predicted molar refractivity (Wildman–Crippen MR) is 119 cm³/mol. The van der Waals surface area contributed by atoms with Crippen LogP contribution in [0.3, 0.4) is 0 Å². The molecule has 0 unspecified atom stereocenters. The van der Waals surface area contributed by atoms with Gasteiger partial charge in [0.15, 0.2) is 0 Å². The number of carbonyl (C=O) groups excluding carboxylic acids is 1. The molecule has 216 valence electrons. The van der Waals surface area contributed by atoms with Gasteiger partial charge in [-0.05, 0) is 12.1 Å². The number of ether oxygens (including phenoxy) is 1. The van der Waals surface area contributed by atoms with E-state index in [1.807, 2.05) is 42.3 Å². The number of aromatic nitrogens is 3. The fraction of sp³-hybridized carbons (Fsp3) is 0.500. The van der Waals surface area contributed by atoms with Crippen LogP contribution in [0, 0.1) is 11.8 Å². The number of hydrogen-bond donors (Lipinski definition) is 3. The van der Waals surface area contributed by atoms with Crippen molar-refractivity contribution >= 4 is 17.8 Å². The molecular formula is C22H25F6N5O6. The van der Waals surface area contributed by atoms with Gasteiger partial charge in [-0.3, -0.25) is 19.4 Å². The first kappa shape index (κ1) is 31.5. The Morgan fingerprint density at radius 2 is 1.69 bits per heavy atom. The van der Waals surface area contributed by atoms with Crippen LogP contribution in [0.4, 0.5) is 26.3 Å². The maximum Gasteiger partial charge on any atom is 0.490 e. The second kappa shape index (κ2) is 13.4. The van der Waals surface area contributed by atoms with E-state index in [4.69, 9.17) is 24.5 Å². The maximum atomic E-state index is 12.6. The van der Waals surface area contributed by atoms with E-state index in [1.165, 1.54) is 5.56 Å². The number of rotatable bonds is 5. The Labute approximate surface area is 217 Å². The fourth-order valence-electron chi connectivity index (χ4n) is 3.82. The first-order valence-electron chi connectivity index (χ1n) is 11.2. The van der Waals surface area contributed by atoms with Crippen molar-refractivity contribution in [3.8, 4) is 0 Å². The second-order valence-electron chi connectivity index (χ2n) is 8.50. The first-order chi connectivity index (χ1) is 18.1. The highest BCUT2D eigenvalue weighted by Gasteiger charge is 2.46. The largest absolute Gasteiger partial charge is 0.490 e. The molecule has 0 radical (unpaired) electrons. The molecule has 2 aliphatic rings. The molecule has 11 nitrogen and oxygen atoms in total. The van der Waals surface area contributed by atoms with Gasteiger partial charge in [-0.2, -0.15) is 31.4 Å². The minimum absolute atomic E-state index is 0.0707. The summed E-state index contributed by atoms with van der Waals surface area (Å²) >= 11 is 0. The number of aliphatic carboxylic acids is 2. The molecular weight excluding hydrogens is 544 g/mol. The van der Waals surface area contributed by atoms with Crippen LogP contribution < -0.4 is 5.32 Å². The van der Waals surface area contributed by atoms with Gasteiger partial charge in [0, 0.05) is 50.6 Å². The number of amides is 1.